The molecule has 2 aliphatic rings. The van der Waals surface area contributed by atoms with Crippen molar-refractivity contribution >= 4 is 17.6 Å². The van der Waals surface area contributed by atoms with E-state index in [9.17, 15) is 0 Å². The highest BCUT2D eigenvalue weighted by atomic mass is 32.2. The summed E-state index contributed by atoms with van der Waals surface area (Å²) in [6.07, 6.45) is 8.59. The van der Waals surface area contributed by atoms with Crippen molar-refractivity contribution < 1.29 is 4.74 Å². The Bertz CT molecular complexity index is 682. The molecule has 2 N–H and O–H groups in total. The van der Waals surface area contributed by atoms with Crippen LogP contribution in [0.1, 0.15) is 46.5 Å². The van der Waals surface area contributed by atoms with Gasteiger partial charge in [0, 0.05) is 17.1 Å². The van der Waals surface area contributed by atoms with Crippen LogP contribution < -0.4 is 15.4 Å². The second-order valence-corrected chi connectivity index (χ2v) is 8.00. The van der Waals surface area contributed by atoms with E-state index in [0.29, 0.717) is 5.88 Å². The highest BCUT2D eigenvalue weighted by molar-refractivity contribution is 8.03. The molecule has 0 aromatic carbocycles. The number of hydrogen-bond acceptors (Lipinski definition) is 6. The Morgan fingerprint density at radius 2 is 2.17 bits per heavy atom. The monoisotopic (exact) mass is 346 g/mol. The van der Waals surface area contributed by atoms with Crippen LogP contribution in [0.3, 0.4) is 0 Å². The fraction of sp³-hybridized carbons (Fsp3) is 0.556. The number of methoxy groups -OCH3 is 1. The largest absolute Gasteiger partial charge is 0.480 e. The number of fused-ring (bicyclic) bond motifs is 2. The summed E-state index contributed by atoms with van der Waals surface area (Å²) in [6.45, 7) is 7.80. The molecule has 1 aliphatic heterocycles. The average molecular weight is 347 g/mol. The van der Waals surface area contributed by atoms with Crippen LogP contribution >= 0.6 is 11.8 Å². The van der Waals surface area contributed by atoms with E-state index >= 15 is 0 Å². The van der Waals surface area contributed by atoms with Crippen LogP contribution in [0.4, 0.5) is 5.82 Å². The molecule has 1 aliphatic carbocycles. The SMILES string of the molecule is CCCCCNC1=C2Nc3ncnc(OC)c3SC2=CC(C)(C)C1. The number of rotatable bonds is 6. The van der Waals surface area contributed by atoms with Crippen LogP contribution in [-0.2, 0) is 0 Å². The van der Waals surface area contributed by atoms with Gasteiger partial charge >= 0.3 is 0 Å². The smallest absolute Gasteiger partial charge is 0.232 e. The third-order valence-corrected chi connectivity index (χ3v) is 5.36. The van der Waals surface area contributed by atoms with Gasteiger partial charge < -0.3 is 15.4 Å². The standard InChI is InChI=1S/C18H26N4OS/c1-5-6-7-8-19-12-9-18(2,3)10-13-14(12)22-16-15(24-13)17(23-4)21-11-20-16/h10-11,19H,5-9H2,1-4H3,(H,20,21,22). The summed E-state index contributed by atoms with van der Waals surface area (Å²) in [7, 11) is 1.65. The fourth-order valence-electron chi connectivity index (χ4n) is 3.07. The molecule has 1 aromatic rings. The number of anilines is 1. The van der Waals surface area contributed by atoms with Gasteiger partial charge in [0.25, 0.3) is 0 Å². The predicted molar refractivity (Wildman–Crippen MR) is 99.1 cm³/mol. The summed E-state index contributed by atoms with van der Waals surface area (Å²) in [5, 5.41) is 7.16. The Labute approximate surface area is 148 Å². The second kappa shape index (κ2) is 7.05. The van der Waals surface area contributed by atoms with E-state index in [1.54, 1.807) is 25.2 Å². The molecule has 0 fully saturated rings. The number of thioether (sulfide) groups is 1. The minimum absolute atomic E-state index is 0.126. The lowest BCUT2D eigenvalue weighted by Gasteiger charge is -2.35. The number of allylic oxidation sites excluding steroid dienone is 2. The third-order valence-electron chi connectivity index (χ3n) is 4.24. The normalized spacial score (nSPS) is 18.2. The predicted octanol–water partition coefficient (Wildman–Crippen LogP) is 4.31. The van der Waals surface area contributed by atoms with E-state index in [0.717, 1.165) is 29.4 Å². The van der Waals surface area contributed by atoms with Crippen LogP contribution in [0.2, 0.25) is 0 Å². The van der Waals surface area contributed by atoms with Crippen molar-refractivity contribution in [1.29, 1.82) is 0 Å². The first-order valence-electron chi connectivity index (χ1n) is 8.58. The van der Waals surface area contributed by atoms with E-state index < -0.39 is 0 Å². The van der Waals surface area contributed by atoms with Gasteiger partial charge in [0.15, 0.2) is 5.82 Å². The minimum Gasteiger partial charge on any atom is -0.480 e. The molecule has 0 atom stereocenters. The topological polar surface area (TPSA) is 59.1 Å². The molecule has 130 valence electrons. The molecule has 0 saturated carbocycles. The highest BCUT2D eigenvalue weighted by Gasteiger charge is 2.33. The first-order valence-corrected chi connectivity index (χ1v) is 9.40. The van der Waals surface area contributed by atoms with Crippen LogP contribution in [-0.4, -0.2) is 23.6 Å². The molecule has 3 rings (SSSR count). The van der Waals surface area contributed by atoms with E-state index in [-0.39, 0.29) is 5.41 Å². The van der Waals surface area contributed by atoms with E-state index in [2.05, 4.69) is 47.4 Å². The van der Waals surface area contributed by atoms with Crippen molar-refractivity contribution in [3.05, 3.63) is 28.7 Å². The lowest BCUT2D eigenvalue weighted by Crippen LogP contribution is -2.29. The summed E-state index contributed by atoms with van der Waals surface area (Å²) in [4.78, 5) is 10.8. The van der Waals surface area contributed by atoms with Crippen molar-refractivity contribution in [3.63, 3.8) is 0 Å². The molecule has 6 heteroatoms. The Morgan fingerprint density at radius 1 is 1.33 bits per heavy atom. The maximum Gasteiger partial charge on any atom is 0.232 e. The number of ether oxygens (including phenoxy) is 1. The molecule has 0 amide bonds. The summed E-state index contributed by atoms with van der Waals surface area (Å²) < 4.78 is 5.39. The van der Waals surface area contributed by atoms with Crippen LogP contribution in [0.25, 0.3) is 0 Å². The lowest BCUT2D eigenvalue weighted by molar-refractivity contribution is 0.386. The lowest BCUT2D eigenvalue weighted by atomic mass is 9.83. The zero-order valence-corrected chi connectivity index (χ0v) is 15.7. The Kier molecular flexibility index (Phi) is 5.04. The van der Waals surface area contributed by atoms with E-state index in [4.69, 9.17) is 4.74 Å². The van der Waals surface area contributed by atoms with Crippen molar-refractivity contribution in [1.82, 2.24) is 15.3 Å². The molecule has 0 bridgehead atoms. The third kappa shape index (κ3) is 3.53. The van der Waals surface area contributed by atoms with Crippen molar-refractivity contribution in [2.24, 2.45) is 5.41 Å². The molecule has 0 unspecified atom stereocenters. The average Bonchev–Trinajstić information content (AvgIpc) is 2.55. The van der Waals surface area contributed by atoms with Crippen molar-refractivity contribution in [3.8, 4) is 5.88 Å². The number of nitrogens with zero attached hydrogens (tertiary/aromatic N) is 2. The van der Waals surface area contributed by atoms with Gasteiger partial charge in [0.1, 0.15) is 11.2 Å². The van der Waals surface area contributed by atoms with Gasteiger partial charge in [-0.05, 0) is 18.3 Å². The number of unbranched alkanes of at least 4 members (excludes halogenated alkanes) is 2. The van der Waals surface area contributed by atoms with Gasteiger partial charge in [-0.1, -0.05) is 51.5 Å². The summed E-state index contributed by atoms with van der Waals surface area (Å²) in [5.74, 6) is 1.45. The maximum atomic E-state index is 5.39. The van der Waals surface area contributed by atoms with Crippen LogP contribution in [0.15, 0.2) is 33.6 Å². The zero-order chi connectivity index (χ0) is 17.2. The summed E-state index contributed by atoms with van der Waals surface area (Å²) >= 11 is 1.69. The van der Waals surface area contributed by atoms with Gasteiger partial charge in [0.2, 0.25) is 5.88 Å². The summed E-state index contributed by atoms with van der Waals surface area (Å²) in [6, 6.07) is 0. The van der Waals surface area contributed by atoms with Gasteiger partial charge in [-0.2, -0.15) is 0 Å². The Balaban J connectivity index is 1.91. The van der Waals surface area contributed by atoms with Gasteiger partial charge in [-0.3, -0.25) is 0 Å². The van der Waals surface area contributed by atoms with Crippen molar-refractivity contribution in [2.75, 3.05) is 19.0 Å². The molecular formula is C18H26N4OS. The molecule has 24 heavy (non-hydrogen) atoms. The zero-order valence-electron chi connectivity index (χ0n) is 14.9. The molecule has 0 saturated heterocycles. The first-order chi connectivity index (χ1) is 11.5. The Hall–Kier alpha value is -1.69. The fourth-order valence-corrected chi connectivity index (χ4v) is 4.36. The minimum atomic E-state index is 0.126. The molecule has 0 radical (unpaired) electrons. The Morgan fingerprint density at radius 3 is 2.92 bits per heavy atom. The van der Waals surface area contributed by atoms with Gasteiger partial charge in [-0.15, -0.1) is 0 Å². The van der Waals surface area contributed by atoms with E-state index in [1.165, 1.54) is 29.9 Å². The number of aromatic nitrogens is 2. The molecular weight excluding hydrogens is 320 g/mol. The number of hydrogen-bond donors (Lipinski definition) is 2. The highest BCUT2D eigenvalue weighted by Crippen LogP contribution is 2.50. The quantitative estimate of drug-likeness (QED) is 0.749. The maximum absolute atomic E-state index is 5.39. The van der Waals surface area contributed by atoms with Crippen LogP contribution in [0.5, 0.6) is 5.88 Å². The van der Waals surface area contributed by atoms with Crippen molar-refractivity contribution in [2.45, 2.75) is 51.3 Å². The molecule has 0 spiro atoms. The molecule has 2 heterocycles. The van der Waals surface area contributed by atoms with Crippen LogP contribution in [0, 0.1) is 5.41 Å². The van der Waals surface area contributed by atoms with E-state index in [1.807, 2.05) is 0 Å². The number of nitrogens with one attached hydrogen (secondary N) is 2. The van der Waals surface area contributed by atoms with Gasteiger partial charge in [-0.25, -0.2) is 9.97 Å². The van der Waals surface area contributed by atoms with Gasteiger partial charge in [0.05, 0.1) is 12.8 Å². The summed E-state index contributed by atoms with van der Waals surface area (Å²) in [5.41, 5.74) is 2.56. The second-order valence-electron chi connectivity index (χ2n) is 6.95. The first kappa shape index (κ1) is 17.1. The molecule has 5 nitrogen and oxygen atoms in total. The molecule has 1 aromatic heterocycles.